The largest absolute Gasteiger partial charge is 0.324 e. The summed E-state index contributed by atoms with van der Waals surface area (Å²) in [5.74, 6) is -0.890. The van der Waals surface area contributed by atoms with E-state index >= 15 is 0 Å². The predicted octanol–water partition coefficient (Wildman–Crippen LogP) is 3.01. The van der Waals surface area contributed by atoms with Crippen LogP contribution >= 0.6 is 0 Å². The third-order valence-electron chi connectivity index (χ3n) is 3.36. The Balaban J connectivity index is 2.30. The highest BCUT2D eigenvalue weighted by Crippen LogP contribution is 2.57. The smallest absolute Gasteiger partial charge is 0.130 e. The van der Waals surface area contributed by atoms with Crippen LogP contribution in [-0.2, 0) is 0 Å². The first kappa shape index (κ1) is 10.6. The molecule has 1 aromatic rings. The van der Waals surface area contributed by atoms with Gasteiger partial charge < -0.3 is 5.73 Å². The van der Waals surface area contributed by atoms with Gasteiger partial charge in [0.2, 0.25) is 0 Å². The molecule has 0 spiro atoms. The molecule has 1 saturated carbocycles. The predicted molar refractivity (Wildman–Crippen MR) is 55.2 cm³/mol. The van der Waals surface area contributed by atoms with Crippen molar-refractivity contribution in [3.05, 3.63) is 35.4 Å². The fourth-order valence-corrected chi connectivity index (χ4v) is 2.15. The molecule has 15 heavy (non-hydrogen) atoms. The van der Waals surface area contributed by atoms with Crippen molar-refractivity contribution in [2.45, 2.75) is 26.3 Å². The third kappa shape index (κ3) is 1.76. The van der Waals surface area contributed by atoms with Crippen LogP contribution in [0.25, 0.3) is 0 Å². The van der Waals surface area contributed by atoms with E-state index in [1.54, 1.807) is 0 Å². The summed E-state index contributed by atoms with van der Waals surface area (Å²) in [6.45, 7) is 4.13. The van der Waals surface area contributed by atoms with Gasteiger partial charge in [0.15, 0.2) is 0 Å². The lowest BCUT2D eigenvalue weighted by atomic mass is 9.97. The number of hydrogen-bond acceptors (Lipinski definition) is 1. The van der Waals surface area contributed by atoms with E-state index < -0.39 is 17.7 Å². The van der Waals surface area contributed by atoms with Gasteiger partial charge in [-0.25, -0.2) is 8.78 Å². The van der Waals surface area contributed by atoms with E-state index in [9.17, 15) is 8.78 Å². The van der Waals surface area contributed by atoms with Crippen molar-refractivity contribution in [3.8, 4) is 0 Å². The molecule has 2 unspecified atom stereocenters. The zero-order valence-electron chi connectivity index (χ0n) is 8.93. The number of nitrogens with two attached hydrogens (primary N) is 1. The Morgan fingerprint density at radius 2 is 1.80 bits per heavy atom. The molecule has 1 fully saturated rings. The van der Waals surface area contributed by atoms with Gasteiger partial charge in [0.25, 0.3) is 0 Å². The SMILES string of the molecule is CC1(C)CC1C(N)c1c(F)cccc1F. The molecule has 0 saturated heterocycles. The second-order valence-corrected chi connectivity index (χ2v) is 4.96. The second kappa shape index (κ2) is 3.27. The number of rotatable bonds is 2. The molecule has 1 aromatic carbocycles. The number of halogens is 2. The van der Waals surface area contributed by atoms with Gasteiger partial charge in [0.1, 0.15) is 11.6 Å². The summed E-state index contributed by atoms with van der Waals surface area (Å²) in [4.78, 5) is 0. The molecule has 1 aliphatic rings. The first-order valence-electron chi connectivity index (χ1n) is 5.13. The highest BCUT2D eigenvalue weighted by molar-refractivity contribution is 5.26. The summed E-state index contributed by atoms with van der Waals surface area (Å²) in [6.07, 6.45) is 0.932. The van der Waals surface area contributed by atoms with Crippen molar-refractivity contribution in [2.24, 2.45) is 17.1 Å². The molecule has 0 heterocycles. The van der Waals surface area contributed by atoms with E-state index in [0.717, 1.165) is 6.42 Å². The fraction of sp³-hybridized carbons (Fsp3) is 0.500. The highest BCUT2D eigenvalue weighted by Gasteiger charge is 2.50. The fourth-order valence-electron chi connectivity index (χ4n) is 2.15. The van der Waals surface area contributed by atoms with Crippen molar-refractivity contribution in [3.63, 3.8) is 0 Å². The molecule has 0 aliphatic heterocycles. The Bertz CT molecular complexity index is 367. The minimum Gasteiger partial charge on any atom is -0.324 e. The average molecular weight is 211 g/mol. The van der Waals surface area contributed by atoms with Crippen LogP contribution in [0.2, 0.25) is 0 Å². The summed E-state index contributed by atoms with van der Waals surface area (Å²) in [5.41, 5.74) is 6.05. The molecule has 1 nitrogen and oxygen atoms in total. The first-order chi connectivity index (χ1) is 6.93. The Morgan fingerprint density at radius 1 is 1.33 bits per heavy atom. The standard InChI is InChI=1S/C12H15F2N/c1-12(2)6-7(12)11(15)10-8(13)4-3-5-9(10)14/h3-5,7,11H,6,15H2,1-2H3. The van der Waals surface area contributed by atoms with Crippen LogP contribution in [0.4, 0.5) is 8.78 Å². The topological polar surface area (TPSA) is 26.0 Å². The molecular weight excluding hydrogens is 196 g/mol. The third-order valence-corrected chi connectivity index (χ3v) is 3.36. The summed E-state index contributed by atoms with van der Waals surface area (Å²) >= 11 is 0. The van der Waals surface area contributed by atoms with E-state index in [1.165, 1.54) is 18.2 Å². The van der Waals surface area contributed by atoms with Gasteiger partial charge in [-0.2, -0.15) is 0 Å². The van der Waals surface area contributed by atoms with Crippen LogP contribution in [0.3, 0.4) is 0 Å². The average Bonchev–Trinajstić information content (AvgIpc) is 2.74. The molecular formula is C12H15F2N. The van der Waals surface area contributed by atoms with Crippen LogP contribution in [-0.4, -0.2) is 0 Å². The van der Waals surface area contributed by atoms with Crippen molar-refractivity contribution in [1.82, 2.24) is 0 Å². The van der Waals surface area contributed by atoms with Crippen molar-refractivity contribution < 1.29 is 8.78 Å². The van der Waals surface area contributed by atoms with Gasteiger partial charge in [0.05, 0.1) is 0 Å². The molecule has 2 rings (SSSR count). The van der Waals surface area contributed by atoms with Crippen LogP contribution < -0.4 is 5.73 Å². The van der Waals surface area contributed by atoms with Crippen LogP contribution in [0.15, 0.2) is 18.2 Å². The van der Waals surface area contributed by atoms with Crippen molar-refractivity contribution in [1.29, 1.82) is 0 Å². The molecule has 0 amide bonds. The van der Waals surface area contributed by atoms with Crippen LogP contribution in [0.1, 0.15) is 31.9 Å². The van der Waals surface area contributed by atoms with Crippen molar-refractivity contribution in [2.75, 3.05) is 0 Å². The van der Waals surface area contributed by atoms with Crippen LogP contribution in [0, 0.1) is 23.0 Å². The minimum atomic E-state index is -0.537. The minimum absolute atomic E-state index is 0.0353. The molecule has 0 bridgehead atoms. The Kier molecular flexibility index (Phi) is 2.30. The number of benzene rings is 1. The normalized spacial score (nSPS) is 25.0. The van der Waals surface area contributed by atoms with Gasteiger partial charge in [-0.1, -0.05) is 19.9 Å². The van der Waals surface area contributed by atoms with Gasteiger partial charge in [0, 0.05) is 11.6 Å². The quantitative estimate of drug-likeness (QED) is 0.799. The van der Waals surface area contributed by atoms with E-state index in [4.69, 9.17) is 5.73 Å². The van der Waals surface area contributed by atoms with E-state index in [0.29, 0.717) is 0 Å². The second-order valence-electron chi connectivity index (χ2n) is 4.96. The lowest BCUT2D eigenvalue weighted by Crippen LogP contribution is -2.18. The Hall–Kier alpha value is -0.960. The molecule has 0 aromatic heterocycles. The van der Waals surface area contributed by atoms with E-state index in [-0.39, 0.29) is 16.9 Å². The molecule has 1 aliphatic carbocycles. The van der Waals surface area contributed by atoms with E-state index in [1.807, 2.05) is 0 Å². The van der Waals surface area contributed by atoms with E-state index in [2.05, 4.69) is 13.8 Å². The molecule has 3 heteroatoms. The van der Waals surface area contributed by atoms with Gasteiger partial charge >= 0.3 is 0 Å². The first-order valence-corrected chi connectivity index (χ1v) is 5.13. The van der Waals surface area contributed by atoms with Gasteiger partial charge in [-0.15, -0.1) is 0 Å². The van der Waals surface area contributed by atoms with Gasteiger partial charge in [-0.3, -0.25) is 0 Å². The van der Waals surface area contributed by atoms with Crippen molar-refractivity contribution >= 4 is 0 Å². The summed E-state index contributed by atoms with van der Waals surface area (Å²) < 4.78 is 26.8. The Labute approximate surface area is 88.3 Å². The van der Waals surface area contributed by atoms with Gasteiger partial charge in [-0.05, 0) is 29.9 Å². The molecule has 2 N–H and O–H groups in total. The maximum Gasteiger partial charge on any atom is 0.130 e. The molecule has 2 atom stereocenters. The lowest BCUT2D eigenvalue weighted by Gasteiger charge is -2.15. The molecule has 0 radical (unpaired) electrons. The summed E-state index contributed by atoms with van der Waals surface area (Å²) in [5, 5.41) is 0. The number of hydrogen-bond donors (Lipinski definition) is 1. The zero-order valence-corrected chi connectivity index (χ0v) is 8.93. The molecule has 82 valence electrons. The summed E-state index contributed by atoms with van der Waals surface area (Å²) in [6, 6.07) is 3.35. The monoisotopic (exact) mass is 211 g/mol. The Morgan fingerprint density at radius 3 is 2.20 bits per heavy atom. The maximum absolute atomic E-state index is 13.4. The highest BCUT2D eigenvalue weighted by atomic mass is 19.1. The summed E-state index contributed by atoms with van der Waals surface area (Å²) in [7, 11) is 0. The maximum atomic E-state index is 13.4. The lowest BCUT2D eigenvalue weighted by molar-refractivity contribution is 0.451. The van der Waals surface area contributed by atoms with Crippen LogP contribution in [0.5, 0.6) is 0 Å². The zero-order chi connectivity index (χ0) is 11.2.